The summed E-state index contributed by atoms with van der Waals surface area (Å²) in [6.07, 6.45) is 2.52. The van der Waals surface area contributed by atoms with E-state index in [9.17, 15) is 4.79 Å². The van der Waals surface area contributed by atoms with E-state index in [2.05, 4.69) is 29.8 Å². The lowest BCUT2D eigenvalue weighted by atomic mass is 9.95. The van der Waals surface area contributed by atoms with E-state index in [-0.39, 0.29) is 17.8 Å². The Hall–Kier alpha value is -2.66. The third kappa shape index (κ3) is 4.73. The van der Waals surface area contributed by atoms with Crippen LogP contribution in [0.2, 0.25) is 0 Å². The van der Waals surface area contributed by atoms with Gasteiger partial charge in [-0.2, -0.15) is 4.98 Å². The Bertz CT molecular complexity index is 1020. The summed E-state index contributed by atoms with van der Waals surface area (Å²) in [6, 6.07) is 7.79. The van der Waals surface area contributed by atoms with Crippen LogP contribution in [0.25, 0.3) is 11.3 Å². The van der Waals surface area contributed by atoms with Crippen LogP contribution in [-0.4, -0.2) is 48.1 Å². The summed E-state index contributed by atoms with van der Waals surface area (Å²) in [7, 11) is 0. The molecule has 0 aliphatic carbocycles. The number of fused-ring (bicyclic) bond motifs is 3. The first-order valence-corrected chi connectivity index (χ1v) is 10.5. The average Bonchev–Trinajstić information content (AvgIpc) is 2.77. The van der Waals surface area contributed by atoms with Gasteiger partial charge in [-0.1, -0.05) is 31.3 Å². The smallest absolute Gasteiger partial charge is 0.351 e. The highest BCUT2D eigenvalue weighted by atomic mass is 16.6. The Labute approximate surface area is 176 Å². The highest BCUT2D eigenvalue weighted by Gasteiger charge is 2.20. The molecule has 3 heterocycles. The molecule has 2 atom stereocenters. The van der Waals surface area contributed by atoms with Crippen LogP contribution in [0, 0.1) is 11.8 Å². The van der Waals surface area contributed by atoms with E-state index in [4.69, 9.17) is 19.9 Å². The molecule has 1 saturated heterocycles. The lowest BCUT2D eigenvalue weighted by molar-refractivity contribution is -0.102. The first kappa shape index (κ1) is 20.6. The van der Waals surface area contributed by atoms with Crippen molar-refractivity contribution in [3.8, 4) is 29.0 Å². The van der Waals surface area contributed by atoms with E-state index in [1.165, 1.54) is 0 Å². The van der Waals surface area contributed by atoms with Crippen LogP contribution in [0.4, 0.5) is 0 Å². The molecule has 1 aromatic carbocycles. The number of hydrogen-bond acceptors (Lipinski definition) is 6. The first-order chi connectivity index (χ1) is 14.6. The van der Waals surface area contributed by atoms with Gasteiger partial charge in [-0.15, -0.1) is 0 Å². The number of hydrogen-bond donors (Lipinski definition) is 1. The second-order valence-corrected chi connectivity index (χ2v) is 7.58. The highest BCUT2D eigenvalue weighted by Crippen LogP contribution is 2.30. The first-order valence-electron chi connectivity index (χ1n) is 10.5. The van der Waals surface area contributed by atoms with Crippen molar-refractivity contribution < 1.29 is 14.2 Å². The molecule has 7 heteroatoms. The van der Waals surface area contributed by atoms with E-state index in [0.717, 1.165) is 41.6 Å². The molecular formula is C23H27N3O4. The maximum Gasteiger partial charge on any atom is 0.351 e. The topological polar surface area (TPSA) is 88.6 Å². The molecule has 2 aromatic rings. The van der Waals surface area contributed by atoms with Crippen LogP contribution >= 0.6 is 0 Å². The Kier molecular flexibility index (Phi) is 6.48. The van der Waals surface area contributed by atoms with Crippen molar-refractivity contribution in [3.05, 3.63) is 45.9 Å². The molecule has 0 amide bonds. The lowest BCUT2D eigenvalue weighted by Gasteiger charge is -2.24. The number of nitrogens with zero attached hydrogens (tertiary/aromatic N) is 2. The molecule has 2 unspecified atom stereocenters. The van der Waals surface area contributed by atoms with Crippen LogP contribution in [0.3, 0.4) is 0 Å². The fraction of sp³-hybridized carbons (Fsp3) is 0.478. The average molecular weight is 409 g/mol. The lowest BCUT2D eigenvalue weighted by Crippen LogP contribution is -2.34. The second kappa shape index (κ2) is 9.43. The zero-order chi connectivity index (χ0) is 20.9. The minimum absolute atomic E-state index is 0.102. The van der Waals surface area contributed by atoms with E-state index < -0.39 is 0 Å². The third-order valence-electron chi connectivity index (χ3n) is 5.28. The Morgan fingerprint density at radius 3 is 3.07 bits per heavy atom. The summed E-state index contributed by atoms with van der Waals surface area (Å²) in [5, 5.41) is 0. The summed E-state index contributed by atoms with van der Waals surface area (Å²) < 4.78 is 18.4. The monoisotopic (exact) mass is 409 g/mol. The number of aromatic nitrogens is 2. The largest absolute Gasteiger partial charge is 0.475 e. The molecule has 4 rings (SSSR count). The molecule has 1 fully saturated rings. The van der Waals surface area contributed by atoms with Gasteiger partial charge in [0.25, 0.3) is 0 Å². The van der Waals surface area contributed by atoms with E-state index in [1.807, 2.05) is 18.2 Å². The van der Waals surface area contributed by atoms with Gasteiger partial charge in [-0.25, -0.2) is 4.79 Å². The van der Waals surface area contributed by atoms with Gasteiger partial charge in [-0.05, 0) is 30.5 Å². The predicted octanol–water partition coefficient (Wildman–Crippen LogP) is 1.74. The minimum Gasteiger partial charge on any atom is -0.475 e. The predicted molar refractivity (Wildman–Crippen MR) is 113 cm³/mol. The molecule has 0 bridgehead atoms. The van der Waals surface area contributed by atoms with E-state index >= 15 is 0 Å². The van der Waals surface area contributed by atoms with Gasteiger partial charge in [0.2, 0.25) is 5.88 Å². The summed E-state index contributed by atoms with van der Waals surface area (Å²) in [6.45, 7) is 4.62. The Morgan fingerprint density at radius 1 is 1.37 bits per heavy atom. The van der Waals surface area contributed by atoms with Gasteiger partial charge in [-0.3, -0.25) is 4.57 Å². The van der Waals surface area contributed by atoms with Crippen molar-refractivity contribution in [3.63, 3.8) is 0 Å². The van der Waals surface area contributed by atoms with Crippen LogP contribution < -0.4 is 16.2 Å². The zero-order valence-corrected chi connectivity index (χ0v) is 17.2. The standard InChI is InChI=1S/C23H27N3O4/c1-2-3-18(24)6-4-16-5-7-20-17(12-16)8-9-26-21(20)13-22(25-23(26)27)30-15-19-14-28-10-11-29-19/h5,7,12-13,18-19H,2-3,8-11,14-15,24H2,1H3. The minimum atomic E-state index is -0.302. The molecule has 0 radical (unpaired) electrons. The molecule has 30 heavy (non-hydrogen) atoms. The SMILES string of the molecule is CCCC(N)C#Cc1ccc2c(c1)CCn1c-2cc(OCC2COCCO2)nc1=O. The van der Waals surface area contributed by atoms with E-state index in [0.29, 0.717) is 38.9 Å². The summed E-state index contributed by atoms with van der Waals surface area (Å²) in [4.78, 5) is 16.6. The fourth-order valence-corrected chi connectivity index (χ4v) is 3.73. The summed E-state index contributed by atoms with van der Waals surface area (Å²) >= 11 is 0. The molecule has 158 valence electrons. The van der Waals surface area contributed by atoms with Crippen LogP contribution in [0.5, 0.6) is 5.88 Å². The molecular weight excluding hydrogens is 382 g/mol. The maximum absolute atomic E-state index is 12.5. The molecule has 7 nitrogen and oxygen atoms in total. The second-order valence-electron chi connectivity index (χ2n) is 7.58. The van der Waals surface area contributed by atoms with Crippen molar-refractivity contribution >= 4 is 0 Å². The Balaban J connectivity index is 1.56. The van der Waals surface area contributed by atoms with Crippen molar-refractivity contribution in [2.24, 2.45) is 5.73 Å². The summed E-state index contributed by atoms with van der Waals surface area (Å²) in [5.41, 5.74) is 9.62. The molecule has 0 spiro atoms. The molecule has 1 aromatic heterocycles. The third-order valence-corrected chi connectivity index (χ3v) is 5.28. The molecule has 0 saturated carbocycles. The zero-order valence-electron chi connectivity index (χ0n) is 17.2. The number of benzene rings is 1. The fourth-order valence-electron chi connectivity index (χ4n) is 3.73. The van der Waals surface area contributed by atoms with Crippen LogP contribution in [0.1, 0.15) is 30.9 Å². The van der Waals surface area contributed by atoms with Gasteiger partial charge in [0.1, 0.15) is 12.7 Å². The van der Waals surface area contributed by atoms with Crippen LogP contribution in [0.15, 0.2) is 29.1 Å². The number of ether oxygens (including phenoxy) is 3. The highest BCUT2D eigenvalue weighted by molar-refractivity contribution is 5.68. The molecule has 2 N–H and O–H groups in total. The van der Waals surface area contributed by atoms with Crippen molar-refractivity contribution in [2.45, 2.75) is 44.9 Å². The van der Waals surface area contributed by atoms with Crippen molar-refractivity contribution in [1.82, 2.24) is 9.55 Å². The van der Waals surface area contributed by atoms with Crippen molar-refractivity contribution in [2.75, 3.05) is 26.4 Å². The number of rotatable bonds is 5. The number of nitrogens with two attached hydrogens (primary N) is 1. The van der Waals surface area contributed by atoms with Crippen molar-refractivity contribution in [1.29, 1.82) is 0 Å². The molecule has 2 aliphatic rings. The van der Waals surface area contributed by atoms with Gasteiger partial charge in [0, 0.05) is 23.7 Å². The summed E-state index contributed by atoms with van der Waals surface area (Å²) in [5.74, 6) is 6.60. The van der Waals surface area contributed by atoms with Gasteiger partial charge in [0.15, 0.2) is 0 Å². The quantitative estimate of drug-likeness (QED) is 0.757. The maximum atomic E-state index is 12.5. The van der Waals surface area contributed by atoms with E-state index in [1.54, 1.807) is 4.57 Å². The van der Waals surface area contributed by atoms with Gasteiger partial charge in [0.05, 0.1) is 31.6 Å². The number of aryl methyl sites for hydroxylation is 1. The van der Waals surface area contributed by atoms with Crippen LogP contribution in [-0.2, 0) is 22.4 Å². The van der Waals surface area contributed by atoms with Gasteiger partial charge >= 0.3 is 5.69 Å². The Morgan fingerprint density at radius 2 is 2.27 bits per heavy atom. The normalized spacial score (nSPS) is 18.5. The van der Waals surface area contributed by atoms with Gasteiger partial charge < -0.3 is 19.9 Å². The molecule has 2 aliphatic heterocycles.